The van der Waals surface area contributed by atoms with Gasteiger partial charge in [0.15, 0.2) is 5.76 Å². The molecule has 0 fully saturated rings. The SMILES string of the molecule is CNCc1cc(-c2ccc(C)c(F)c2)on1. The van der Waals surface area contributed by atoms with Crippen molar-refractivity contribution in [2.75, 3.05) is 7.05 Å². The summed E-state index contributed by atoms with van der Waals surface area (Å²) in [6.07, 6.45) is 0. The molecule has 0 atom stereocenters. The Morgan fingerprint density at radius 1 is 1.38 bits per heavy atom. The quantitative estimate of drug-likeness (QED) is 0.863. The fourth-order valence-corrected chi connectivity index (χ4v) is 1.46. The van der Waals surface area contributed by atoms with Crippen molar-refractivity contribution in [3.8, 4) is 11.3 Å². The summed E-state index contributed by atoms with van der Waals surface area (Å²) in [5.74, 6) is 0.355. The van der Waals surface area contributed by atoms with E-state index < -0.39 is 0 Å². The maximum atomic E-state index is 13.3. The Labute approximate surface area is 93.3 Å². The summed E-state index contributed by atoms with van der Waals surface area (Å²) in [6.45, 7) is 2.36. The largest absolute Gasteiger partial charge is 0.356 e. The van der Waals surface area contributed by atoms with E-state index in [9.17, 15) is 4.39 Å². The van der Waals surface area contributed by atoms with Crippen LogP contribution in [0.4, 0.5) is 4.39 Å². The average molecular weight is 220 g/mol. The molecule has 0 saturated carbocycles. The van der Waals surface area contributed by atoms with E-state index in [0.29, 0.717) is 23.4 Å². The molecule has 0 saturated heterocycles. The second-order valence-electron chi connectivity index (χ2n) is 3.68. The van der Waals surface area contributed by atoms with Crippen LogP contribution >= 0.6 is 0 Å². The molecule has 4 heteroatoms. The summed E-state index contributed by atoms with van der Waals surface area (Å²) >= 11 is 0. The Morgan fingerprint density at radius 3 is 2.88 bits per heavy atom. The zero-order chi connectivity index (χ0) is 11.5. The number of halogens is 1. The van der Waals surface area contributed by atoms with Crippen LogP contribution in [0, 0.1) is 12.7 Å². The van der Waals surface area contributed by atoms with Gasteiger partial charge < -0.3 is 9.84 Å². The number of nitrogens with zero attached hydrogens (tertiary/aromatic N) is 1. The van der Waals surface area contributed by atoms with Gasteiger partial charge in [0.05, 0.1) is 5.69 Å². The van der Waals surface area contributed by atoms with Crippen LogP contribution < -0.4 is 5.32 Å². The van der Waals surface area contributed by atoms with Gasteiger partial charge in [-0.15, -0.1) is 0 Å². The normalized spacial score (nSPS) is 10.7. The third-order valence-corrected chi connectivity index (χ3v) is 2.37. The fourth-order valence-electron chi connectivity index (χ4n) is 1.46. The van der Waals surface area contributed by atoms with Crippen molar-refractivity contribution in [1.29, 1.82) is 0 Å². The van der Waals surface area contributed by atoms with Crippen LogP contribution in [0.5, 0.6) is 0 Å². The first-order chi connectivity index (χ1) is 7.70. The second-order valence-corrected chi connectivity index (χ2v) is 3.68. The molecule has 1 N–H and O–H groups in total. The molecule has 3 nitrogen and oxygen atoms in total. The zero-order valence-electron chi connectivity index (χ0n) is 9.25. The van der Waals surface area contributed by atoms with Crippen LogP contribution in [0.2, 0.25) is 0 Å². The predicted octanol–water partition coefficient (Wildman–Crippen LogP) is 2.51. The van der Waals surface area contributed by atoms with Crippen molar-refractivity contribution in [1.82, 2.24) is 10.5 Å². The van der Waals surface area contributed by atoms with E-state index >= 15 is 0 Å². The van der Waals surface area contributed by atoms with Gasteiger partial charge in [0.1, 0.15) is 5.82 Å². The molecule has 0 radical (unpaired) electrons. The van der Waals surface area contributed by atoms with Crippen LogP contribution in [-0.2, 0) is 6.54 Å². The van der Waals surface area contributed by atoms with E-state index in [1.165, 1.54) is 6.07 Å². The van der Waals surface area contributed by atoms with Crippen LogP contribution in [0.1, 0.15) is 11.3 Å². The van der Waals surface area contributed by atoms with Gasteiger partial charge in [0.2, 0.25) is 0 Å². The van der Waals surface area contributed by atoms with Gasteiger partial charge in [0.25, 0.3) is 0 Å². The topological polar surface area (TPSA) is 38.1 Å². The number of rotatable bonds is 3. The molecule has 1 heterocycles. The monoisotopic (exact) mass is 220 g/mol. The minimum absolute atomic E-state index is 0.232. The van der Waals surface area contributed by atoms with Gasteiger partial charge in [-0.2, -0.15) is 0 Å². The van der Waals surface area contributed by atoms with E-state index in [1.807, 2.05) is 13.1 Å². The first kappa shape index (κ1) is 10.8. The molecule has 2 rings (SSSR count). The van der Waals surface area contributed by atoms with E-state index in [-0.39, 0.29) is 5.82 Å². The van der Waals surface area contributed by atoms with Gasteiger partial charge in [-0.25, -0.2) is 4.39 Å². The summed E-state index contributed by atoms with van der Waals surface area (Å²) < 4.78 is 18.5. The highest BCUT2D eigenvalue weighted by Crippen LogP contribution is 2.22. The smallest absolute Gasteiger partial charge is 0.167 e. The van der Waals surface area contributed by atoms with Gasteiger partial charge >= 0.3 is 0 Å². The third-order valence-electron chi connectivity index (χ3n) is 2.37. The van der Waals surface area contributed by atoms with Crippen LogP contribution in [0.3, 0.4) is 0 Å². The summed E-state index contributed by atoms with van der Waals surface area (Å²) in [7, 11) is 1.83. The van der Waals surface area contributed by atoms with Crippen LogP contribution in [0.15, 0.2) is 28.8 Å². The highest BCUT2D eigenvalue weighted by molar-refractivity contribution is 5.57. The van der Waals surface area contributed by atoms with E-state index in [2.05, 4.69) is 10.5 Å². The van der Waals surface area contributed by atoms with Crippen LogP contribution in [0.25, 0.3) is 11.3 Å². The lowest BCUT2D eigenvalue weighted by atomic mass is 10.1. The molecule has 0 bridgehead atoms. The lowest BCUT2D eigenvalue weighted by Gasteiger charge is -1.98. The Morgan fingerprint density at radius 2 is 2.19 bits per heavy atom. The Kier molecular flexibility index (Phi) is 3.01. The maximum absolute atomic E-state index is 13.3. The van der Waals surface area contributed by atoms with Crippen molar-refractivity contribution in [3.63, 3.8) is 0 Å². The van der Waals surface area contributed by atoms with E-state index in [0.717, 1.165) is 5.69 Å². The number of hydrogen-bond acceptors (Lipinski definition) is 3. The molecule has 1 aromatic carbocycles. The molecular formula is C12H13FN2O. The minimum Gasteiger partial charge on any atom is -0.356 e. The molecule has 0 aliphatic heterocycles. The standard InChI is InChI=1S/C12H13FN2O/c1-8-3-4-9(5-11(8)13)12-6-10(7-14-2)15-16-12/h3-6,14H,7H2,1-2H3. The Bertz CT molecular complexity index is 494. The van der Waals surface area contributed by atoms with E-state index in [1.54, 1.807) is 19.1 Å². The average Bonchev–Trinajstić information content (AvgIpc) is 2.71. The van der Waals surface area contributed by atoms with Gasteiger partial charge in [0, 0.05) is 18.2 Å². The molecule has 2 aromatic rings. The highest BCUT2D eigenvalue weighted by atomic mass is 19.1. The summed E-state index contributed by atoms with van der Waals surface area (Å²) in [5.41, 5.74) is 2.13. The fraction of sp³-hybridized carbons (Fsp3) is 0.250. The number of nitrogens with one attached hydrogen (secondary N) is 1. The van der Waals surface area contributed by atoms with Crippen molar-refractivity contribution >= 4 is 0 Å². The number of aryl methyl sites for hydroxylation is 1. The first-order valence-corrected chi connectivity index (χ1v) is 5.07. The first-order valence-electron chi connectivity index (χ1n) is 5.07. The van der Waals surface area contributed by atoms with E-state index in [4.69, 9.17) is 4.52 Å². The lowest BCUT2D eigenvalue weighted by molar-refractivity contribution is 0.421. The van der Waals surface area contributed by atoms with Crippen molar-refractivity contribution in [2.24, 2.45) is 0 Å². The summed E-state index contributed by atoms with van der Waals surface area (Å²) in [4.78, 5) is 0. The molecule has 16 heavy (non-hydrogen) atoms. The third kappa shape index (κ3) is 2.12. The van der Waals surface area contributed by atoms with Gasteiger partial charge in [-0.05, 0) is 25.6 Å². The maximum Gasteiger partial charge on any atom is 0.167 e. The van der Waals surface area contributed by atoms with Gasteiger partial charge in [-0.3, -0.25) is 0 Å². The molecule has 0 spiro atoms. The molecule has 0 aliphatic carbocycles. The Balaban J connectivity index is 2.31. The summed E-state index contributed by atoms with van der Waals surface area (Å²) in [5, 5.41) is 6.85. The number of benzene rings is 1. The highest BCUT2D eigenvalue weighted by Gasteiger charge is 2.07. The lowest BCUT2D eigenvalue weighted by Crippen LogP contribution is -2.04. The van der Waals surface area contributed by atoms with Crippen molar-refractivity contribution < 1.29 is 8.91 Å². The molecule has 1 aromatic heterocycles. The molecule has 0 unspecified atom stereocenters. The second kappa shape index (κ2) is 4.45. The Hall–Kier alpha value is -1.68. The molecule has 0 aliphatic rings. The van der Waals surface area contributed by atoms with Crippen molar-refractivity contribution in [2.45, 2.75) is 13.5 Å². The van der Waals surface area contributed by atoms with Crippen LogP contribution in [-0.4, -0.2) is 12.2 Å². The van der Waals surface area contributed by atoms with Gasteiger partial charge in [-0.1, -0.05) is 17.3 Å². The minimum atomic E-state index is -0.232. The van der Waals surface area contributed by atoms with Crippen molar-refractivity contribution in [3.05, 3.63) is 41.3 Å². The predicted molar refractivity (Wildman–Crippen MR) is 59.4 cm³/mol. The molecular weight excluding hydrogens is 207 g/mol. The molecule has 0 amide bonds. The zero-order valence-corrected chi connectivity index (χ0v) is 9.25. The summed E-state index contributed by atoms with van der Waals surface area (Å²) in [6, 6.07) is 6.81. The molecule has 84 valence electrons. The number of hydrogen-bond donors (Lipinski definition) is 1. The number of aromatic nitrogens is 1.